The van der Waals surface area contributed by atoms with E-state index in [0.717, 1.165) is 21.7 Å². The summed E-state index contributed by atoms with van der Waals surface area (Å²) in [4.78, 5) is 37.4. The van der Waals surface area contributed by atoms with Crippen LogP contribution in [0.4, 0.5) is 5.69 Å². The van der Waals surface area contributed by atoms with E-state index in [1.807, 2.05) is 50.2 Å². The van der Waals surface area contributed by atoms with Gasteiger partial charge in [-0.25, -0.2) is 0 Å². The van der Waals surface area contributed by atoms with Crippen LogP contribution in [0.2, 0.25) is 0 Å². The molecule has 0 aromatic heterocycles. The molecule has 2 aromatic carbocycles. The summed E-state index contributed by atoms with van der Waals surface area (Å²) in [6, 6.07) is 12.9. The maximum Gasteiger partial charge on any atom is 0.307 e. The fourth-order valence-corrected chi connectivity index (χ4v) is 3.88. The quantitative estimate of drug-likeness (QED) is 0.645. The second-order valence-electron chi connectivity index (χ2n) is 6.20. The largest absolute Gasteiger partial charge is 0.457 e. The molecule has 6 heteroatoms. The van der Waals surface area contributed by atoms with Crippen molar-refractivity contribution in [1.82, 2.24) is 0 Å². The topological polar surface area (TPSA) is 72.5 Å². The van der Waals surface area contributed by atoms with Crippen molar-refractivity contribution >= 4 is 35.1 Å². The highest BCUT2D eigenvalue weighted by molar-refractivity contribution is 8.01. The Balaban J connectivity index is 1.56. The molecule has 0 bridgehead atoms. The highest BCUT2D eigenvalue weighted by atomic mass is 32.2. The fourth-order valence-electron chi connectivity index (χ4n) is 2.79. The van der Waals surface area contributed by atoms with Crippen molar-refractivity contribution in [2.24, 2.45) is 0 Å². The number of anilines is 1. The van der Waals surface area contributed by atoms with E-state index < -0.39 is 11.2 Å². The molecule has 1 N–H and O–H groups in total. The first-order valence-corrected chi connectivity index (χ1v) is 9.14. The number of thioether (sulfide) groups is 1. The van der Waals surface area contributed by atoms with Crippen LogP contribution in [-0.2, 0) is 14.3 Å². The van der Waals surface area contributed by atoms with Gasteiger partial charge in [-0.2, -0.15) is 0 Å². The Hall–Kier alpha value is -2.60. The highest BCUT2D eigenvalue weighted by Crippen LogP contribution is 2.36. The summed E-state index contributed by atoms with van der Waals surface area (Å²) >= 11 is 1.33. The predicted molar refractivity (Wildman–Crippen MR) is 101 cm³/mol. The number of nitrogens with one attached hydrogen (secondary N) is 1. The van der Waals surface area contributed by atoms with Crippen LogP contribution in [0.3, 0.4) is 0 Å². The first-order chi connectivity index (χ1) is 12.4. The van der Waals surface area contributed by atoms with E-state index in [1.54, 1.807) is 6.07 Å². The lowest BCUT2D eigenvalue weighted by molar-refractivity contribution is -0.143. The summed E-state index contributed by atoms with van der Waals surface area (Å²) in [7, 11) is 0. The number of aryl methyl sites for hydroxylation is 2. The van der Waals surface area contributed by atoms with Crippen LogP contribution in [0.25, 0.3) is 0 Å². The van der Waals surface area contributed by atoms with E-state index in [1.165, 1.54) is 11.8 Å². The van der Waals surface area contributed by atoms with Gasteiger partial charge in [0, 0.05) is 10.5 Å². The molecule has 0 spiro atoms. The summed E-state index contributed by atoms with van der Waals surface area (Å²) < 4.78 is 5.10. The standard InChI is InChI=1S/C20H19NO4S/c1-12-7-8-14(13(2)9-12)16(22)11-25-19(23)10-18-20(24)21-15-5-3-4-6-17(15)26-18/h3-9,18H,10-11H2,1-2H3,(H,21,24)/t18-/m0/s1. The van der Waals surface area contributed by atoms with Crippen molar-refractivity contribution in [2.75, 3.05) is 11.9 Å². The Morgan fingerprint density at radius 2 is 1.92 bits per heavy atom. The van der Waals surface area contributed by atoms with Crippen molar-refractivity contribution in [3.8, 4) is 0 Å². The van der Waals surface area contributed by atoms with E-state index in [9.17, 15) is 14.4 Å². The number of rotatable bonds is 5. The molecule has 26 heavy (non-hydrogen) atoms. The number of amides is 1. The molecule has 1 heterocycles. The number of hydrogen-bond acceptors (Lipinski definition) is 5. The lowest BCUT2D eigenvalue weighted by atomic mass is 10.0. The van der Waals surface area contributed by atoms with E-state index >= 15 is 0 Å². The van der Waals surface area contributed by atoms with Gasteiger partial charge in [-0.05, 0) is 31.5 Å². The minimum absolute atomic E-state index is 0.0784. The molecule has 0 fully saturated rings. The fraction of sp³-hybridized carbons (Fsp3) is 0.250. The Kier molecular flexibility index (Phi) is 5.42. The maximum absolute atomic E-state index is 12.2. The number of para-hydroxylation sites is 1. The molecule has 1 amide bonds. The van der Waals surface area contributed by atoms with E-state index in [2.05, 4.69) is 5.32 Å². The van der Waals surface area contributed by atoms with Gasteiger partial charge in [-0.15, -0.1) is 11.8 Å². The summed E-state index contributed by atoms with van der Waals surface area (Å²) in [6.07, 6.45) is -0.0784. The number of Topliss-reactive ketones (excluding diaryl/α,β-unsaturated/α-hetero) is 1. The Bertz CT molecular complexity index is 878. The van der Waals surface area contributed by atoms with Crippen molar-refractivity contribution in [3.63, 3.8) is 0 Å². The van der Waals surface area contributed by atoms with Crippen LogP contribution in [0, 0.1) is 13.8 Å². The molecule has 0 radical (unpaired) electrons. The van der Waals surface area contributed by atoms with Crippen molar-refractivity contribution in [1.29, 1.82) is 0 Å². The van der Waals surface area contributed by atoms with Crippen molar-refractivity contribution in [3.05, 3.63) is 59.2 Å². The maximum atomic E-state index is 12.2. The van der Waals surface area contributed by atoms with Gasteiger partial charge in [-0.3, -0.25) is 14.4 Å². The van der Waals surface area contributed by atoms with Crippen LogP contribution >= 0.6 is 11.8 Å². The number of ketones is 1. The van der Waals surface area contributed by atoms with Crippen LogP contribution in [0.5, 0.6) is 0 Å². The molecule has 0 saturated carbocycles. The monoisotopic (exact) mass is 369 g/mol. The minimum atomic E-state index is -0.561. The third kappa shape index (κ3) is 4.14. The smallest absolute Gasteiger partial charge is 0.307 e. The van der Waals surface area contributed by atoms with Gasteiger partial charge in [0.15, 0.2) is 6.61 Å². The molecule has 0 saturated heterocycles. The van der Waals surface area contributed by atoms with Gasteiger partial charge in [0.05, 0.1) is 17.4 Å². The first kappa shape index (κ1) is 18.2. The summed E-state index contributed by atoms with van der Waals surface area (Å²) in [5.41, 5.74) is 3.21. The number of esters is 1. The minimum Gasteiger partial charge on any atom is -0.457 e. The molecular formula is C20H19NO4S. The molecule has 3 rings (SSSR count). The van der Waals surface area contributed by atoms with Crippen LogP contribution in [0.15, 0.2) is 47.4 Å². The third-order valence-corrected chi connectivity index (χ3v) is 5.38. The lowest BCUT2D eigenvalue weighted by Gasteiger charge is -2.23. The predicted octanol–water partition coefficient (Wildman–Crippen LogP) is 3.53. The number of carbonyl (C=O) groups excluding carboxylic acids is 3. The van der Waals surface area contributed by atoms with Crippen LogP contribution in [-0.4, -0.2) is 29.5 Å². The molecule has 2 aromatic rings. The molecule has 0 unspecified atom stereocenters. The number of carbonyl (C=O) groups is 3. The summed E-state index contributed by atoms with van der Waals surface area (Å²) in [5, 5.41) is 2.22. The van der Waals surface area contributed by atoms with Gasteiger partial charge < -0.3 is 10.1 Å². The summed E-state index contributed by atoms with van der Waals surface area (Å²) in [5.74, 6) is -1.04. The Morgan fingerprint density at radius 3 is 2.69 bits per heavy atom. The average Bonchev–Trinajstić information content (AvgIpc) is 2.60. The molecule has 1 atom stereocenters. The van der Waals surface area contributed by atoms with Crippen molar-refractivity contribution in [2.45, 2.75) is 30.4 Å². The van der Waals surface area contributed by atoms with E-state index in [-0.39, 0.29) is 24.7 Å². The average molecular weight is 369 g/mol. The van der Waals surface area contributed by atoms with Crippen LogP contribution in [0.1, 0.15) is 27.9 Å². The normalized spacial score (nSPS) is 15.8. The molecule has 1 aliphatic rings. The zero-order valence-electron chi connectivity index (χ0n) is 14.6. The zero-order chi connectivity index (χ0) is 18.7. The molecule has 0 aliphatic carbocycles. The number of fused-ring (bicyclic) bond motifs is 1. The number of ether oxygens (including phenoxy) is 1. The van der Waals surface area contributed by atoms with Gasteiger partial charge in [-0.1, -0.05) is 35.9 Å². The molecule has 5 nitrogen and oxygen atoms in total. The van der Waals surface area contributed by atoms with Gasteiger partial charge >= 0.3 is 5.97 Å². The van der Waals surface area contributed by atoms with Crippen molar-refractivity contribution < 1.29 is 19.1 Å². The zero-order valence-corrected chi connectivity index (χ0v) is 15.4. The second-order valence-corrected chi connectivity index (χ2v) is 7.44. The highest BCUT2D eigenvalue weighted by Gasteiger charge is 2.29. The molecular weight excluding hydrogens is 350 g/mol. The van der Waals surface area contributed by atoms with E-state index in [0.29, 0.717) is 5.56 Å². The first-order valence-electron chi connectivity index (χ1n) is 8.26. The SMILES string of the molecule is Cc1ccc(C(=O)COC(=O)C[C@@H]2Sc3ccccc3NC2=O)c(C)c1. The second kappa shape index (κ2) is 7.74. The number of benzene rings is 2. The van der Waals surface area contributed by atoms with Gasteiger partial charge in [0.2, 0.25) is 11.7 Å². The Labute approximate surface area is 156 Å². The number of hydrogen-bond donors (Lipinski definition) is 1. The molecule has 1 aliphatic heterocycles. The van der Waals surface area contributed by atoms with E-state index in [4.69, 9.17) is 4.74 Å². The molecule has 134 valence electrons. The van der Waals surface area contributed by atoms with Gasteiger partial charge in [0.1, 0.15) is 0 Å². The van der Waals surface area contributed by atoms with Crippen LogP contribution < -0.4 is 5.32 Å². The lowest BCUT2D eigenvalue weighted by Crippen LogP contribution is -2.31. The Morgan fingerprint density at radius 1 is 1.15 bits per heavy atom. The third-order valence-electron chi connectivity index (χ3n) is 4.11. The summed E-state index contributed by atoms with van der Waals surface area (Å²) in [6.45, 7) is 3.48. The van der Waals surface area contributed by atoms with Gasteiger partial charge in [0.25, 0.3) is 0 Å².